The smallest absolute Gasteiger partial charge is 0.217 e. The highest BCUT2D eigenvalue weighted by Crippen LogP contribution is 2.11. The van der Waals surface area contributed by atoms with E-state index in [4.69, 9.17) is 0 Å². The first-order chi connectivity index (χ1) is 9.74. The van der Waals surface area contributed by atoms with Crippen LogP contribution in [-0.4, -0.2) is 12.5 Å². The van der Waals surface area contributed by atoms with E-state index >= 15 is 0 Å². The first-order valence-electron chi connectivity index (χ1n) is 6.78. The second-order valence-corrected chi connectivity index (χ2v) is 4.74. The summed E-state index contributed by atoms with van der Waals surface area (Å²) in [5.74, 6) is -0.00661. The molecule has 0 saturated carbocycles. The Bertz CT molecular complexity index is 570. The van der Waals surface area contributed by atoms with Crippen LogP contribution in [0.25, 0.3) is 6.08 Å². The van der Waals surface area contributed by atoms with E-state index < -0.39 is 0 Å². The summed E-state index contributed by atoms with van der Waals surface area (Å²) in [7, 11) is 0. The minimum absolute atomic E-state index is 0.00661. The number of carbonyl (C=O) groups excluding carboxylic acids is 1. The average Bonchev–Trinajstić information content (AvgIpc) is 2.46. The van der Waals surface area contributed by atoms with Crippen LogP contribution in [-0.2, 0) is 11.2 Å². The third-order valence-corrected chi connectivity index (χ3v) is 3.01. The number of benzene rings is 2. The lowest BCUT2D eigenvalue weighted by Crippen LogP contribution is -2.19. The molecule has 0 aliphatic carbocycles. The van der Waals surface area contributed by atoms with Crippen molar-refractivity contribution in [3.8, 4) is 0 Å². The van der Waals surface area contributed by atoms with Crippen LogP contribution in [0.3, 0.4) is 0 Å². The zero-order chi connectivity index (χ0) is 14.2. The molecule has 102 valence electrons. The van der Waals surface area contributed by atoms with Crippen LogP contribution in [0.5, 0.6) is 0 Å². The van der Waals surface area contributed by atoms with E-state index in [0.717, 1.165) is 12.0 Å². The maximum absolute atomic E-state index is 10.7. The van der Waals surface area contributed by atoms with Gasteiger partial charge in [-0.25, -0.2) is 0 Å². The number of hydrogen-bond donors (Lipinski definition) is 1. The lowest BCUT2D eigenvalue weighted by molar-refractivity contribution is -0.118. The molecule has 0 aliphatic heterocycles. The molecule has 0 heterocycles. The molecule has 1 amide bonds. The fraction of sp³-hybridized carbons (Fsp3) is 0.167. The molecule has 0 saturated heterocycles. The zero-order valence-corrected chi connectivity index (χ0v) is 11.7. The van der Waals surface area contributed by atoms with Crippen LogP contribution < -0.4 is 5.32 Å². The van der Waals surface area contributed by atoms with Gasteiger partial charge in [-0.3, -0.25) is 4.79 Å². The van der Waals surface area contributed by atoms with E-state index in [1.165, 1.54) is 18.1 Å². The van der Waals surface area contributed by atoms with E-state index in [1.807, 2.05) is 18.2 Å². The molecule has 0 spiro atoms. The molecule has 2 nitrogen and oxygen atoms in total. The molecule has 20 heavy (non-hydrogen) atoms. The third kappa shape index (κ3) is 4.73. The summed E-state index contributed by atoms with van der Waals surface area (Å²) in [6.45, 7) is 2.09. The average molecular weight is 265 g/mol. The summed E-state index contributed by atoms with van der Waals surface area (Å²) < 4.78 is 0. The van der Waals surface area contributed by atoms with Crippen LogP contribution >= 0.6 is 0 Å². The molecule has 0 aliphatic rings. The Morgan fingerprint density at radius 1 is 1.00 bits per heavy atom. The van der Waals surface area contributed by atoms with Crippen molar-refractivity contribution >= 4 is 12.0 Å². The van der Waals surface area contributed by atoms with Crippen LogP contribution in [0.15, 0.2) is 60.7 Å². The first-order valence-corrected chi connectivity index (χ1v) is 6.78. The largest absolute Gasteiger partial charge is 0.353 e. The zero-order valence-electron chi connectivity index (χ0n) is 11.7. The Kier molecular flexibility index (Phi) is 5.13. The van der Waals surface area contributed by atoms with Gasteiger partial charge in [0.2, 0.25) is 5.91 Å². The second kappa shape index (κ2) is 7.29. The van der Waals surface area contributed by atoms with Crippen molar-refractivity contribution in [2.75, 3.05) is 6.54 Å². The Balaban J connectivity index is 1.91. The van der Waals surface area contributed by atoms with Crippen molar-refractivity contribution in [2.24, 2.45) is 0 Å². The van der Waals surface area contributed by atoms with Crippen molar-refractivity contribution in [1.82, 2.24) is 5.32 Å². The minimum Gasteiger partial charge on any atom is -0.353 e. The molecule has 0 unspecified atom stereocenters. The number of rotatable bonds is 5. The lowest BCUT2D eigenvalue weighted by atomic mass is 10.0. The van der Waals surface area contributed by atoms with E-state index in [9.17, 15) is 4.79 Å². The van der Waals surface area contributed by atoms with Gasteiger partial charge in [-0.2, -0.15) is 0 Å². The summed E-state index contributed by atoms with van der Waals surface area (Å²) in [5.41, 5.74) is 3.77. The maximum atomic E-state index is 10.7. The van der Waals surface area contributed by atoms with Crippen molar-refractivity contribution < 1.29 is 4.79 Å². The summed E-state index contributed by atoms with van der Waals surface area (Å²) >= 11 is 0. The predicted octanol–water partition coefficient (Wildman–Crippen LogP) is 3.43. The predicted molar refractivity (Wildman–Crippen MR) is 83.4 cm³/mol. The Morgan fingerprint density at radius 3 is 2.30 bits per heavy atom. The highest BCUT2D eigenvalue weighted by atomic mass is 16.1. The summed E-state index contributed by atoms with van der Waals surface area (Å²) in [4.78, 5) is 10.7. The van der Waals surface area contributed by atoms with Crippen molar-refractivity contribution in [3.05, 3.63) is 77.4 Å². The molecular weight excluding hydrogens is 246 g/mol. The molecule has 2 heteroatoms. The molecule has 0 atom stereocenters. The quantitative estimate of drug-likeness (QED) is 0.881. The molecular formula is C18H19NO. The maximum Gasteiger partial charge on any atom is 0.217 e. The molecule has 2 aromatic rings. The molecule has 1 N–H and O–H groups in total. The van der Waals surface area contributed by atoms with Gasteiger partial charge in [-0.15, -0.1) is 0 Å². The van der Waals surface area contributed by atoms with Gasteiger partial charge in [0.1, 0.15) is 0 Å². The topological polar surface area (TPSA) is 29.1 Å². The Morgan fingerprint density at radius 2 is 1.65 bits per heavy atom. The van der Waals surface area contributed by atoms with Gasteiger partial charge in [0.05, 0.1) is 0 Å². The van der Waals surface area contributed by atoms with Crippen LogP contribution in [0, 0.1) is 0 Å². The van der Waals surface area contributed by atoms with Crippen molar-refractivity contribution in [1.29, 1.82) is 0 Å². The summed E-state index contributed by atoms with van der Waals surface area (Å²) in [5, 5.41) is 2.73. The standard InChI is InChI=1S/C18H19NO/c1-15(20)19-13-5-8-16-9-11-18(12-10-16)14-17-6-3-2-4-7-17/h2-12H,13-14H2,1H3,(H,19,20). The normalized spacial score (nSPS) is 10.7. The fourth-order valence-electron chi connectivity index (χ4n) is 1.98. The molecule has 0 fully saturated rings. The first kappa shape index (κ1) is 14.1. The molecule has 0 aromatic heterocycles. The SMILES string of the molecule is CC(=O)NCC=Cc1ccc(Cc2ccccc2)cc1. The Hall–Kier alpha value is -2.35. The van der Waals surface area contributed by atoms with E-state index in [2.05, 4.69) is 53.8 Å². The molecule has 0 radical (unpaired) electrons. The van der Waals surface area contributed by atoms with Crippen molar-refractivity contribution in [2.45, 2.75) is 13.3 Å². The van der Waals surface area contributed by atoms with Crippen molar-refractivity contribution in [3.63, 3.8) is 0 Å². The number of nitrogens with one attached hydrogen (secondary N) is 1. The van der Waals surface area contributed by atoms with Crippen LogP contribution in [0.2, 0.25) is 0 Å². The monoisotopic (exact) mass is 265 g/mol. The van der Waals surface area contributed by atoms with Gasteiger partial charge < -0.3 is 5.32 Å². The fourth-order valence-corrected chi connectivity index (χ4v) is 1.98. The van der Waals surface area contributed by atoms with Gasteiger partial charge in [0.25, 0.3) is 0 Å². The van der Waals surface area contributed by atoms with Gasteiger partial charge in [0, 0.05) is 13.5 Å². The summed E-state index contributed by atoms with van der Waals surface area (Å²) in [6.07, 6.45) is 4.92. The third-order valence-electron chi connectivity index (χ3n) is 3.01. The second-order valence-electron chi connectivity index (χ2n) is 4.74. The minimum atomic E-state index is -0.00661. The lowest BCUT2D eigenvalue weighted by Gasteiger charge is -2.02. The van der Waals surface area contributed by atoms with Gasteiger partial charge in [-0.05, 0) is 23.1 Å². The highest BCUT2D eigenvalue weighted by Gasteiger charge is 1.95. The molecule has 0 bridgehead atoms. The number of hydrogen-bond acceptors (Lipinski definition) is 1. The summed E-state index contributed by atoms with van der Waals surface area (Å²) in [6, 6.07) is 18.9. The molecule has 2 rings (SSSR count). The van der Waals surface area contributed by atoms with E-state index in [-0.39, 0.29) is 5.91 Å². The van der Waals surface area contributed by atoms with E-state index in [1.54, 1.807) is 0 Å². The van der Waals surface area contributed by atoms with Crippen LogP contribution in [0.4, 0.5) is 0 Å². The highest BCUT2D eigenvalue weighted by molar-refractivity contribution is 5.73. The van der Waals surface area contributed by atoms with Crippen LogP contribution in [0.1, 0.15) is 23.6 Å². The Labute approximate surface area is 120 Å². The van der Waals surface area contributed by atoms with Gasteiger partial charge >= 0.3 is 0 Å². The van der Waals surface area contributed by atoms with Gasteiger partial charge in [0.15, 0.2) is 0 Å². The molecule has 2 aromatic carbocycles. The van der Waals surface area contributed by atoms with Gasteiger partial charge in [-0.1, -0.05) is 66.7 Å². The number of amides is 1. The van der Waals surface area contributed by atoms with E-state index in [0.29, 0.717) is 6.54 Å². The number of carbonyl (C=O) groups is 1.